The van der Waals surface area contributed by atoms with Crippen LogP contribution in [-0.4, -0.2) is 20.6 Å². The Bertz CT molecular complexity index is 499. The van der Waals surface area contributed by atoms with Crippen LogP contribution in [0.25, 0.3) is 5.69 Å². The topological polar surface area (TPSA) is 42.7 Å². The Morgan fingerprint density at radius 2 is 2.19 bits per heavy atom. The van der Waals surface area contributed by atoms with E-state index in [0.717, 1.165) is 17.3 Å². The minimum atomic E-state index is 0.609. The molecule has 0 saturated heterocycles. The van der Waals surface area contributed by atoms with E-state index < -0.39 is 0 Å². The zero-order chi connectivity index (χ0) is 11.0. The van der Waals surface area contributed by atoms with Crippen LogP contribution in [0, 0.1) is 6.92 Å². The number of rotatable bonds is 3. The minimum Gasteiger partial charge on any atom is -0.353 e. The van der Waals surface area contributed by atoms with E-state index in [4.69, 9.17) is 0 Å². The molecule has 0 aliphatic heterocycles. The Morgan fingerprint density at radius 3 is 2.94 bits per heavy atom. The number of imidazole rings is 1. The van der Waals surface area contributed by atoms with Gasteiger partial charge in [-0.05, 0) is 31.9 Å². The molecule has 0 aromatic carbocycles. The maximum absolute atomic E-state index is 4.34. The predicted octanol–water partition coefficient (Wildman–Crippen LogP) is 2.15. The van der Waals surface area contributed by atoms with Gasteiger partial charge in [-0.1, -0.05) is 0 Å². The molecule has 0 unspecified atom stereocenters. The Hall–Kier alpha value is -1.84. The second kappa shape index (κ2) is 3.63. The maximum atomic E-state index is 4.34. The van der Waals surface area contributed by atoms with E-state index in [1.807, 2.05) is 31.6 Å². The third-order valence-electron chi connectivity index (χ3n) is 2.79. The average Bonchev–Trinajstić information content (AvgIpc) is 2.97. The van der Waals surface area contributed by atoms with Crippen LogP contribution in [0.5, 0.6) is 0 Å². The minimum absolute atomic E-state index is 0.609. The number of aryl methyl sites for hydroxylation is 1. The summed E-state index contributed by atoms with van der Waals surface area (Å²) in [5.41, 5.74) is 2.10. The van der Waals surface area contributed by atoms with Crippen LogP contribution in [0.3, 0.4) is 0 Å². The quantitative estimate of drug-likeness (QED) is 0.851. The first kappa shape index (κ1) is 9.39. The fourth-order valence-electron chi connectivity index (χ4n) is 1.75. The van der Waals surface area contributed by atoms with Crippen LogP contribution in [0.2, 0.25) is 0 Å². The molecular weight excluding hydrogens is 200 g/mol. The van der Waals surface area contributed by atoms with Gasteiger partial charge in [-0.2, -0.15) is 0 Å². The Balaban J connectivity index is 1.99. The van der Waals surface area contributed by atoms with Gasteiger partial charge in [-0.3, -0.25) is 9.55 Å². The van der Waals surface area contributed by atoms with Crippen molar-refractivity contribution in [2.45, 2.75) is 25.8 Å². The molecule has 4 heteroatoms. The average molecular weight is 214 g/mol. The predicted molar refractivity (Wildman–Crippen MR) is 62.7 cm³/mol. The molecule has 4 nitrogen and oxygen atoms in total. The lowest BCUT2D eigenvalue weighted by Gasteiger charge is -2.10. The molecule has 2 aromatic rings. The molecule has 2 heterocycles. The molecule has 0 spiro atoms. The summed E-state index contributed by atoms with van der Waals surface area (Å²) >= 11 is 0. The smallest absolute Gasteiger partial charge is 0.207 e. The van der Waals surface area contributed by atoms with Gasteiger partial charge < -0.3 is 5.32 Å². The molecule has 0 amide bonds. The summed E-state index contributed by atoms with van der Waals surface area (Å²) in [7, 11) is 0. The first-order valence-electron chi connectivity index (χ1n) is 5.56. The van der Waals surface area contributed by atoms with Gasteiger partial charge >= 0.3 is 0 Å². The van der Waals surface area contributed by atoms with Gasteiger partial charge in [-0.25, -0.2) is 4.98 Å². The highest BCUT2D eigenvalue weighted by Gasteiger charge is 2.22. The fourth-order valence-corrected chi connectivity index (χ4v) is 1.75. The molecule has 1 fully saturated rings. The van der Waals surface area contributed by atoms with Crippen molar-refractivity contribution in [3.8, 4) is 5.69 Å². The van der Waals surface area contributed by atoms with Crippen molar-refractivity contribution in [1.29, 1.82) is 0 Å². The second-order valence-corrected chi connectivity index (χ2v) is 4.15. The first-order chi connectivity index (χ1) is 7.84. The van der Waals surface area contributed by atoms with Crippen LogP contribution in [-0.2, 0) is 0 Å². The molecule has 1 N–H and O–H groups in total. The molecule has 16 heavy (non-hydrogen) atoms. The molecular formula is C12H14N4. The number of pyridine rings is 1. The molecule has 2 aromatic heterocycles. The third kappa shape index (κ3) is 1.66. The van der Waals surface area contributed by atoms with Gasteiger partial charge in [0.25, 0.3) is 0 Å². The largest absolute Gasteiger partial charge is 0.353 e. The van der Waals surface area contributed by atoms with E-state index in [-0.39, 0.29) is 0 Å². The maximum Gasteiger partial charge on any atom is 0.207 e. The molecule has 0 bridgehead atoms. The van der Waals surface area contributed by atoms with Gasteiger partial charge in [0.15, 0.2) is 0 Å². The normalized spacial score (nSPS) is 15.1. The molecule has 0 radical (unpaired) electrons. The lowest BCUT2D eigenvalue weighted by atomic mass is 10.3. The zero-order valence-corrected chi connectivity index (χ0v) is 9.22. The third-order valence-corrected chi connectivity index (χ3v) is 2.79. The van der Waals surface area contributed by atoms with E-state index in [1.54, 1.807) is 0 Å². The van der Waals surface area contributed by atoms with Crippen LogP contribution >= 0.6 is 0 Å². The van der Waals surface area contributed by atoms with Crippen molar-refractivity contribution < 1.29 is 0 Å². The highest BCUT2D eigenvalue weighted by Crippen LogP contribution is 2.25. The Morgan fingerprint density at radius 1 is 1.31 bits per heavy atom. The molecule has 82 valence electrons. The summed E-state index contributed by atoms with van der Waals surface area (Å²) in [4.78, 5) is 8.63. The van der Waals surface area contributed by atoms with Gasteiger partial charge in [-0.15, -0.1) is 0 Å². The van der Waals surface area contributed by atoms with Crippen molar-refractivity contribution in [1.82, 2.24) is 14.5 Å². The lowest BCUT2D eigenvalue weighted by molar-refractivity contribution is 0.976. The Kier molecular flexibility index (Phi) is 2.13. The summed E-state index contributed by atoms with van der Waals surface area (Å²) in [6.45, 7) is 2.01. The zero-order valence-electron chi connectivity index (χ0n) is 9.22. The summed E-state index contributed by atoms with van der Waals surface area (Å²) in [5, 5.41) is 3.41. The molecule has 0 atom stereocenters. The van der Waals surface area contributed by atoms with Crippen LogP contribution in [0.4, 0.5) is 5.95 Å². The van der Waals surface area contributed by atoms with E-state index in [1.165, 1.54) is 12.8 Å². The molecule has 1 saturated carbocycles. The van der Waals surface area contributed by atoms with Gasteiger partial charge in [0, 0.05) is 24.6 Å². The monoisotopic (exact) mass is 214 g/mol. The number of aromatic nitrogens is 3. The molecule has 3 rings (SSSR count). The fraction of sp³-hybridized carbons (Fsp3) is 0.333. The van der Waals surface area contributed by atoms with E-state index in [0.29, 0.717) is 6.04 Å². The van der Waals surface area contributed by atoms with Crippen molar-refractivity contribution >= 4 is 5.95 Å². The summed E-state index contributed by atoms with van der Waals surface area (Å²) in [5.74, 6) is 0.915. The number of hydrogen-bond acceptors (Lipinski definition) is 3. The standard InChI is InChI=1S/C12H14N4/c1-9-11(3-2-6-13-9)16-8-7-14-12(16)15-10-4-5-10/h2-3,6-8,10H,4-5H2,1H3,(H,14,15). The van der Waals surface area contributed by atoms with Crippen molar-refractivity contribution in [3.05, 3.63) is 36.4 Å². The SMILES string of the molecule is Cc1ncccc1-n1ccnc1NC1CC1. The van der Waals surface area contributed by atoms with E-state index in [2.05, 4.69) is 25.9 Å². The number of hydrogen-bond donors (Lipinski definition) is 1. The highest BCUT2D eigenvalue weighted by atomic mass is 15.2. The molecule has 1 aliphatic rings. The van der Waals surface area contributed by atoms with Crippen LogP contribution in [0.1, 0.15) is 18.5 Å². The Labute approximate surface area is 94.4 Å². The van der Waals surface area contributed by atoms with Gasteiger partial charge in [0.1, 0.15) is 0 Å². The van der Waals surface area contributed by atoms with E-state index in [9.17, 15) is 0 Å². The first-order valence-corrected chi connectivity index (χ1v) is 5.56. The van der Waals surface area contributed by atoms with Crippen molar-refractivity contribution in [2.75, 3.05) is 5.32 Å². The van der Waals surface area contributed by atoms with E-state index >= 15 is 0 Å². The number of nitrogens with zero attached hydrogens (tertiary/aromatic N) is 3. The van der Waals surface area contributed by atoms with Crippen LogP contribution < -0.4 is 5.32 Å². The van der Waals surface area contributed by atoms with Crippen molar-refractivity contribution in [3.63, 3.8) is 0 Å². The summed E-state index contributed by atoms with van der Waals surface area (Å²) in [6.07, 6.45) is 8.09. The number of nitrogens with one attached hydrogen (secondary N) is 1. The highest BCUT2D eigenvalue weighted by molar-refractivity contribution is 5.44. The second-order valence-electron chi connectivity index (χ2n) is 4.15. The van der Waals surface area contributed by atoms with Gasteiger partial charge in [0.05, 0.1) is 11.4 Å². The van der Waals surface area contributed by atoms with Crippen LogP contribution in [0.15, 0.2) is 30.7 Å². The van der Waals surface area contributed by atoms with Crippen molar-refractivity contribution in [2.24, 2.45) is 0 Å². The number of anilines is 1. The van der Waals surface area contributed by atoms with Gasteiger partial charge in [0.2, 0.25) is 5.95 Å². The summed E-state index contributed by atoms with van der Waals surface area (Å²) in [6, 6.07) is 4.61. The lowest BCUT2D eigenvalue weighted by Crippen LogP contribution is -2.08. The summed E-state index contributed by atoms with van der Waals surface area (Å²) < 4.78 is 2.06. The molecule has 1 aliphatic carbocycles.